The number of anilines is 1. The smallest absolute Gasteiger partial charge is 0.241 e. The first-order valence-electron chi connectivity index (χ1n) is 8.84. The highest BCUT2D eigenvalue weighted by Gasteiger charge is 2.24. The molecule has 0 saturated heterocycles. The van der Waals surface area contributed by atoms with Crippen LogP contribution in [-0.4, -0.2) is 41.3 Å². The van der Waals surface area contributed by atoms with Gasteiger partial charge in [0.05, 0.1) is 32.2 Å². The van der Waals surface area contributed by atoms with Crippen LogP contribution in [0.5, 0.6) is 11.5 Å². The number of rotatable bonds is 9. The Balaban J connectivity index is 2.20. The van der Waals surface area contributed by atoms with Gasteiger partial charge in [-0.15, -0.1) is 0 Å². The van der Waals surface area contributed by atoms with Gasteiger partial charge in [0, 0.05) is 0 Å². The molecule has 0 fully saturated rings. The van der Waals surface area contributed by atoms with Crippen molar-refractivity contribution >= 4 is 21.6 Å². The highest BCUT2D eigenvalue weighted by Crippen LogP contribution is 2.29. The molecule has 0 aliphatic rings. The second-order valence-corrected chi connectivity index (χ2v) is 8.15. The second-order valence-electron chi connectivity index (χ2n) is 6.24. The van der Waals surface area contributed by atoms with Gasteiger partial charge < -0.3 is 14.8 Å². The summed E-state index contributed by atoms with van der Waals surface area (Å²) in [5.41, 5.74) is 1.24. The summed E-state index contributed by atoms with van der Waals surface area (Å²) in [7, 11) is -0.642. The predicted octanol–water partition coefficient (Wildman–Crippen LogP) is 2.74. The fourth-order valence-corrected chi connectivity index (χ4v) is 3.70. The molecule has 8 heteroatoms. The van der Waals surface area contributed by atoms with Crippen molar-refractivity contribution in [2.24, 2.45) is 0 Å². The van der Waals surface area contributed by atoms with Crippen LogP contribution in [0.25, 0.3) is 0 Å². The summed E-state index contributed by atoms with van der Waals surface area (Å²) in [6.07, 6.45) is 1.72. The lowest BCUT2D eigenvalue weighted by Gasteiger charge is -2.25. The van der Waals surface area contributed by atoms with Crippen molar-refractivity contribution in [3.05, 3.63) is 54.1 Å². The van der Waals surface area contributed by atoms with Crippen molar-refractivity contribution in [2.75, 3.05) is 31.3 Å². The molecular weight excluding hydrogens is 380 g/mol. The summed E-state index contributed by atoms with van der Waals surface area (Å²) < 4.78 is 36.1. The summed E-state index contributed by atoms with van der Waals surface area (Å²) in [6, 6.07) is 13.8. The predicted molar refractivity (Wildman–Crippen MR) is 109 cm³/mol. The van der Waals surface area contributed by atoms with E-state index in [-0.39, 0.29) is 12.6 Å². The van der Waals surface area contributed by atoms with Gasteiger partial charge in [0.1, 0.15) is 18.0 Å². The Hall–Kier alpha value is -2.74. The van der Waals surface area contributed by atoms with Gasteiger partial charge in [-0.25, -0.2) is 8.42 Å². The van der Waals surface area contributed by atoms with Crippen LogP contribution in [0.15, 0.2) is 48.5 Å². The average Bonchev–Trinajstić information content (AvgIpc) is 2.69. The minimum atomic E-state index is -3.69. The number of hydrogen-bond donors (Lipinski definition) is 1. The quantitative estimate of drug-likeness (QED) is 0.692. The minimum Gasteiger partial charge on any atom is -0.497 e. The number of ether oxygens (including phenoxy) is 2. The molecule has 0 heterocycles. The summed E-state index contributed by atoms with van der Waals surface area (Å²) >= 11 is 0. The van der Waals surface area contributed by atoms with E-state index in [4.69, 9.17) is 9.47 Å². The summed E-state index contributed by atoms with van der Waals surface area (Å²) in [4.78, 5) is 12.7. The van der Waals surface area contributed by atoms with Crippen LogP contribution in [0.3, 0.4) is 0 Å². The molecule has 0 saturated carbocycles. The lowest BCUT2D eigenvalue weighted by atomic mass is 10.0. The molecular formula is C20H26N2O5S. The SMILES string of the molecule is CCC(NC(=O)CN(c1ccccc1OC)S(C)(=O)=O)c1ccc(OC)cc1. The van der Waals surface area contributed by atoms with Crippen LogP contribution in [0, 0.1) is 0 Å². The van der Waals surface area contributed by atoms with E-state index >= 15 is 0 Å². The van der Waals surface area contributed by atoms with E-state index in [1.54, 1.807) is 31.4 Å². The van der Waals surface area contributed by atoms with Gasteiger partial charge in [-0.2, -0.15) is 0 Å². The van der Waals surface area contributed by atoms with E-state index in [1.165, 1.54) is 7.11 Å². The first-order valence-corrected chi connectivity index (χ1v) is 10.7. The number of methoxy groups -OCH3 is 2. The number of hydrogen-bond acceptors (Lipinski definition) is 5. The average molecular weight is 407 g/mol. The number of carbonyl (C=O) groups is 1. The first-order chi connectivity index (χ1) is 13.3. The molecule has 0 aromatic heterocycles. The highest BCUT2D eigenvalue weighted by atomic mass is 32.2. The zero-order chi connectivity index (χ0) is 20.7. The van der Waals surface area contributed by atoms with Crippen molar-refractivity contribution in [2.45, 2.75) is 19.4 Å². The Kier molecular flexibility index (Phi) is 7.28. The minimum absolute atomic E-state index is 0.238. The maximum atomic E-state index is 12.7. The maximum absolute atomic E-state index is 12.7. The second kappa shape index (κ2) is 9.45. The Bertz CT molecular complexity index is 897. The molecule has 0 aliphatic carbocycles. The van der Waals surface area contributed by atoms with Crippen LogP contribution in [0.2, 0.25) is 0 Å². The third-order valence-corrected chi connectivity index (χ3v) is 5.43. The standard InChI is InChI=1S/C20H26N2O5S/c1-5-17(15-10-12-16(26-2)13-11-15)21-20(23)14-22(28(4,24)25)18-8-6-7-9-19(18)27-3/h6-13,17H,5,14H2,1-4H3,(H,21,23). The van der Waals surface area contributed by atoms with Crippen molar-refractivity contribution in [3.63, 3.8) is 0 Å². The Labute approximate surface area is 166 Å². The zero-order valence-corrected chi connectivity index (χ0v) is 17.3. The molecule has 28 heavy (non-hydrogen) atoms. The number of nitrogens with one attached hydrogen (secondary N) is 1. The van der Waals surface area contributed by atoms with Gasteiger partial charge >= 0.3 is 0 Å². The monoisotopic (exact) mass is 406 g/mol. The third kappa shape index (κ3) is 5.39. The largest absolute Gasteiger partial charge is 0.497 e. The number of benzene rings is 2. The van der Waals surface area contributed by atoms with Gasteiger partial charge in [0.2, 0.25) is 15.9 Å². The molecule has 2 rings (SSSR count). The number of para-hydroxylation sites is 2. The fraction of sp³-hybridized carbons (Fsp3) is 0.350. The molecule has 0 aliphatic heterocycles. The van der Waals surface area contributed by atoms with Crippen LogP contribution >= 0.6 is 0 Å². The maximum Gasteiger partial charge on any atom is 0.241 e. The van der Waals surface area contributed by atoms with E-state index in [9.17, 15) is 13.2 Å². The lowest BCUT2D eigenvalue weighted by Crippen LogP contribution is -2.41. The number of carbonyl (C=O) groups excluding carboxylic acids is 1. The highest BCUT2D eigenvalue weighted by molar-refractivity contribution is 7.92. The lowest BCUT2D eigenvalue weighted by molar-refractivity contribution is -0.120. The van der Waals surface area contributed by atoms with Crippen LogP contribution < -0.4 is 19.1 Å². The molecule has 1 N–H and O–H groups in total. The molecule has 1 unspecified atom stereocenters. The van der Waals surface area contributed by atoms with Crippen LogP contribution in [0.1, 0.15) is 24.9 Å². The van der Waals surface area contributed by atoms with E-state index in [2.05, 4.69) is 5.32 Å². The molecule has 1 amide bonds. The van der Waals surface area contributed by atoms with Gasteiger partial charge in [-0.05, 0) is 36.2 Å². The summed E-state index contributed by atoms with van der Waals surface area (Å²) in [5.74, 6) is 0.700. The molecule has 1 atom stereocenters. The fourth-order valence-electron chi connectivity index (χ4n) is 2.84. The van der Waals surface area contributed by atoms with Crippen molar-refractivity contribution < 1.29 is 22.7 Å². The molecule has 0 radical (unpaired) electrons. The molecule has 0 bridgehead atoms. The summed E-state index contributed by atoms with van der Waals surface area (Å²) in [6.45, 7) is 1.61. The van der Waals surface area contributed by atoms with Gasteiger partial charge in [0.15, 0.2) is 0 Å². The van der Waals surface area contributed by atoms with Gasteiger partial charge in [-0.1, -0.05) is 31.2 Å². The summed E-state index contributed by atoms with van der Waals surface area (Å²) in [5, 5.41) is 2.90. The van der Waals surface area contributed by atoms with E-state index in [0.717, 1.165) is 21.9 Å². The van der Waals surface area contributed by atoms with Gasteiger partial charge in [0.25, 0.3) is 0 Å². The molecule has 152 valence electrons. The van der Waals surface area contributed by atoms with E-state index in [0.29, 0.717) is 17.9 Å². The zero-order valence-electron chi connectivity index (χ0n) is 16.5. The van der Waals surface area contributed by atoms with Crippen molar-refractivity contribution in [3.8, 4) is 11.5 Å². The van der Waals surface area contributed by atoms with E-state index < -0.39 is 15.9 Å². The normalized spacial score (nSPS) is 12.1. The Morgan fingerprint density at radius 1 is 1.07 bits per heavy atom. The van der Waals surface area contributed by atoms with E-state index in [1.807, 2.05) is 31.2 Å². The molecule has 7 nitrogen and oxygen atoms in total. The molecule has 2 aromatic carbocycles. The van der Waals surface area contributed by atoms with Gasteiger partial charge in [-0.3, -0.25) is 9.10 Å². The van der Waals surface area contributed by atoms with Crippen molar-refractivity contribution in [1.82, 2.24) is 5.32 Å². The molecule has 2 aromatic rings. The Morgan fingerprint density at radius 3 is 2.25 bits per heavy atom. The number of sulfonamides is 1. The topological polar surface area (TPSA) is 84.9 Å². The Morgan fingerprint density at radius 2 is 1.71 bits per heavy atom. The first kappa shape index (κ1) is 21.6. The number of nitrogens with zero attached hydrogens (tertiary/aromatic N) is 1. The number of amides is 1. The van der Waals surface area contributed by atoms with Crippen LogP contribution in [0.4, 0.5) is 5.69 Å². The molecule has 0 spiro atoms. The van der Waals surface area contributed by atoms with Crippen molar-refractivity contribution in [1.29, 1.82) is 0 Å². The third-order valence-electron chi connectivity index (χ3n) is 4.30. The van der Waals surface area contributed by atoms with Crippen LogP contribution in [-0.2, 0) is 14.8 Å².